The highest BCUT2D eigenvalue weighted by Crippen LogP contribution is 2.49. The van der Waals surface area contributed by atoms with Crippen LogP contribution in [0.1, 0.15) is 59.8 Å². The molecular formula is C15H27NO. The molecule has 4 unspecified atom stereocenters. The van der Waals surface area contributed by atoms with Gasteiger partial charge < -0.3 is 5.32 Å². The number of rotatable bonds is 3. The Hall–Kier alpha value is -0.530. The number of hydrogen-bond acceptors (Lipinski definition) is 1. The zero-order valence-corrected chi connectivity index (χ0v) is 11.8. The average molecular weight is 237 g/mol. The van der Waals surface area contributed by atoms with E-state index in [0.29, 0.717) is 12.5 Å². The molecule has 2 nitrogen and oxygen atoms in total. The van der Waals surface area contributed by atoms with Crippen LogP contribution in [0.25, 0.3) is 0 Å². The Morgan fingerprint density at radius 2 is 2.00 bits per heavy atom. The topological polar surface area (TPSA) is 29.1 Å². The third-order valence-corrected chi connectivity index (χ3v) is 4.51. The van der Waals surface area contributed by atoms with Crippen molar-refractivity contribution in [2.24, 2.45) is 23.2 Å². The zero-order chi connectivity index (χ0) is 12.6. The summed E-state index contributed by atoms with van der Waals surface area (Å²) in [6.07, 6.45) is 6.24. The van der Waals surface area contributed by atoms with Crippen LogP contribution >= 0.6 is 0 Å². The van der Waals surface area contributed by atoms with Crippen molar-refractivity contribution >= 4 is 5.91 Å². The van der Waals surface area contributed by atoms with Gasteiger partial charge in [-0.2, -0.15) is 0 Å². The molecule has 1 N–H and O–H groups in total. The van der Waals surface area contributed by atoms with Crippen molar-refractivity contribution < 1.29 is 4.79 Å². The molecule has 2 rings (SSSR count). The van der Waals surface area contributed by atoms with E-state index >= 15 is 0 Å². The van der Waals surface area contributed by atoms with Crippen molar-refractivity contribution in [1.82, 2.24) is 5.32 Å². The molecule has 0 aromatic rings. The second-order valence-electron chi connectivity index (χ2n) is 7.43. The Kier molecular flexibility index (Phi) is 3.51. The van der Waals surface area contributed by atoms with Crippen LogP contribution in [0.4, 0.5) is 0 Å². The Morgan fingerprint density at radius 3 is 2.47 bits per heavy atom. The molecule has 17 heavy (non-hydrogen) atoms. The summed E-state index contributed by atoms with van der Waals surface area (Å²) in [5, 5.41) is 3.22. The van der Waals surface area contributed by atoms with Crippen molar-refractivity contribution in [1.29, 1.82) is 0 Å². The first-order valence-corrected chi connectivity index (χ1v) is 7.14. The maximum absolute atomic E-state index is 11.9. The van der Waals surface area contributed by atoms with Crippen LogP contribution < -0.4 is 5.32 Å². The van der Waals surface area contributed by atoms with E-state index in [4.69, 9.17) is 0 Å². The van der Waals surface area contributed by atoms with Crippen LogP contribution in [-0.2, 0) is 4.79 Å². The van der Waals surface area contributed by atoms with E-state index in [1.54, 1.807) is 0 Å². The number of amides is 1. The lowest BCUT2D eigenvalue weighted by atomic mass is 9.83. The molecule has 0 aliphatic heterocycles. The Balaban J connectivity index is 1.81. The second-order valence-corrected chi connectivity index (χ2v) is 7.43. The molecule has 0 aromatic carbocycles. The summed E-state index contributed by atoms with van der Waals surface area (Å²) in [7, 11) is 0. The lowest BCUT2D eigenvalue weighted by Crippen LogP contribution is -2.41. The zero-order valence-electron chi connectivity index (χ0n) is 11.8. The van der Waals surface area contributed by atoms with Gasteiger partial charge in [0.25, 0.3) is 0 Å². The molecule has 2 fully saturated rings. The number of hydrogen-bond donors (Lipinski definition) is 1. The van der Waals surface area contributed by atoms with Crippen LogP contribution in [0.2, 0.25) is 0 Å². The van der Waals surface area contributed by atoms with Crippen LogP contribution in [0.5, 0.6) is 0 Å². The van der Waals surface area contributed by atoms with Gasteiger partial charge in [0.05, 0.1) is 0 Å². The minimum absolute atomic E-state index is 0.0957. The smallest absolute Gasteiger partial charge is 0.220 e. The predicted octanol–water partition coefficient (Wildman–Crippen LogP) is 3.36. The van der Waals surface area contributed by atoms with Gasteiger partial charge in [0.1, 0.15) is 0 Å². The van der Waals surface area contributed by atoms with Crippen molar-refractivity contribution in [2.45, 2.75) is 65.8 Å². The molecule has 2 heteroatoms. The summed E-state index contributed by atoms with van der Waals surface area (Å²) in [4.78, 5) is 11.9. The molecule has 1 amide bonds. The minimum atomic E-state index is 0.0957. The molecule has 0 heterocycles. The largest absolute Gasteiger partial charge is 0.353 e. The lowest BCUT2D eigenvalue weighted by Gasteiger charge is -2.29. The van der Waals surface area contributed by atoms with Crippen LogP contribution in [0.3, 0.4) is 0 Å². The third kappa shape index (κ3) is 3.23. The molecule has 2 bridgehead atoms. The van der Waals surface area contributed by atoms with Gasteiger partial charge in [-0.15, -0.1) is 0 Å². The molecule has 0 spiro atoms. The van der Waals surface area contributed by atoms with Gasteiger partial charge >= 0.3 is 0 Å². The maximum atomic E-state index is 11.9. The van der Waals surface area contributed by atoms with Crippen molar-refractivity contribution in [3.63, 3.8) is 0 Å². The number of nitrogens with one attached hydrogen (secondary N) is 1. The summed E-state index contributed by atoms with van der Waals surface area (Å²) in [5.41, 5.74) is 0.0957. The summed E-state index contributed by atoms with van der Waals surface area (Å²) in [5.74, 6) is 2.84. The Morgan fingerprint density at radius 1 is 1.29 bits per heavy atom. The molecule has 4 atom stereocenters. The van der Waals surface area contributed by atoms with E-state index in [0.717, 1.165) is 17.8 Å². The monoisotopic (exact) mass is 237 g/mol. The van der Waals surface area contributed by atoms with Crippen molar-refractivity contribution in [3.05, 3.63) is 0 Å². The van der Waals surface area contributed by atoms with E-state index < -0.39 is 0 Å². The van der Waals surface area contributed by atoms with Crippen LogP contribution in [0, 0.1) is 23.2 Å². The highest BCUT2D eigenvalue weighted by atomic mass is 16.1. The van der Waals surface area contributed by atoms with Gasteiger partial charge in [0.15, 0.2) is 0 Å². The van der Waals surface area contributed by atoms with E-state index in [1.165, 1.54) is 25.7 Å². The quantitative estimate of drug-likeness (QED) is 0.801. The van der Waals surface area contributed by atoms with E-state index in [2.05, 4.69) is 33.0 Å². The second kappa shape index (κ2) is 4.62. The summed E-state index contributed by atoms with van der Waals surface area (Å²) in [6, 6.07) is 0.375. The highest BCUT2D eigenvalue weighted by Gasteiger charge is 2.42. The molecule has 2 aliphatic carbocycles. The van der Waals surface area contributed by atoms with Gasteiger partial charge in [0, 0.05) is 12.5 Å². The standard InChI is InChI=1S/C15H27NO/c1-10(16-14(17)9-15(2,3)4)13-8-11-5-6-12(13)7-11/h10-13H,5-9H2,1-4H3,(H,16,17). The lowest BCUT2D eigenvalue weighted by molar-refractivity contribution is -0.123. The first-order chi connectivity index (χ1) is 7.85. The Bertz CT molecular complexity index is 292. The fourth-order valence-electron chi connectivity index (χ4n) is 3.80. The van der Waals surface area contributed by atoms with Crippen molar-refractivity contribution in [3.8, 4) is 0 Å². The maximum Gasteiger partial charge on any atom is 0.220 e. The molecule has 2 aliphatic rings. The number of carbonyl (C=O) groups excluding carboxylic acids is 1. The third-order valence-electron chi connectivity index (χ3n) is 4.51. The SMILES string of the molecule is CC(NC(=O)CC(C)(C)C)C1CC2CCC1C2. The first-order valence-electron chi connectivity index (χ1n) is 7.14. The molecule has 98 valence electrons. The van der Waals surface area contributed by atoms with Gasteiger partial charge in [0.2, 0.25) is 5.91 Å². The summed E-state index contributed by atoms with van der Waals surface area (Å²) in [6.45, 7) is 8.56. The fourth-order valence-corrected chi connectivity index (χ4v) is 3.80. The molecule has 0 radical (unpaired) electrons. The average Bonchev–Trinajstić information content (AvgIpc) is 2.74. The first kappa shape index (κ1) is 12.9. The number of carbonyl (C=O) groups is 1. The molecule has 2 saturated carbocycles. The van der Waals surface area contributed by atoms with Crippen LogP contribution in [0.15, 0.2) is 0 Å². The van der Waals surface area contributed by atoms with Gasteiger partial charge in [-0.05, 0) is 49.4 Å². The summed E-state index contributed by atoms with van der Waals surface area (Å²) >= 11 is 0. The predicted molar refractivity (Wildman–Crippen MR) is 70.6 cm³/mol. The fraction of sp³-hybridized carbons (Fsp3) is 0.933. The van der Waals surface area contributed by atoms with Gasteiger partial charge in [-0.1, -0.05) is 27.2 Å². The van der Waals surface area contributed by atoms with E-state index in [1.807, 2.05) is 0 Å². The van der Waals surface area contributed by atoms with Gasteiger partial charge in [-0.25, -0.2) is 0 Å². The Labute approximate surface area is 106 Å². The normalized spacial score (nSPS) is 33.8. The summed E-state index contributed by atoms with van der Waals surface area (Å²) < 4.78 is 0. The highest BCUT2D eigenvalue weighted by molar-refractivity contribution is 5.76. The molecule has 0 saturated heterocycles. The molecular weight excluding hydrogens is 210 g/mol. The van der Waals surface area contributed by atoms with Crippen LogP contribution in [-0.4, -0.2) is 11.9 Å². The minimum Gasteiger partial charge on any atom is -0.353 e. The number of fused-ring (bicyclic) bond motifs is 2. The van der Waals surface area contributed by atoms with E-state index in [9.17, 15) is 4.79 Å². The van der Waals surface area contributed by atoms with Gasteiger partial charge in [-0.3, -0.25) is 4.79 Å². The molecule has 0 aromatic heterocycles. The van der Waals surface area contributed by atoms with Crippen molar-refractivity contribution in [2.75, 3.05) is 0 Å². The van der Waals surface area contributed by atoms with E-state index in [-0.39, 0.29) is 11.3 Å².